The van der Waals surface area contributed by atoms with E-state index in [0.29, 0.717) is 0 Å². The second-order valence-electron chi connectivity index (χ2n) is 4.53. The van der Waals surface area contributed by atoms with Gasteiger partial charge >= 0.3 is 0 Å². The van der Waals surface area contributed by atoms with E-state index in [-0.39, 0.29) is 0 Å². The molecule has 15 heavy (non-hydrogen) atoms. The summed E-state index contributed by atoms with van der Waals surface area (Å²) in [5.41, 5.74) is 1.64. The van der Waals surface area contributed by atoms with E-state index in [9.17, 15) is 0 Å². The van der Waals surface area contributed by atoms with Crippen LogP contribution in [-0.2, 0) is 0 Å². The summed E-state index contributed by atoms with van der Waals surface area (Å²) < 4.78 is 0. The van der Waals surface area contributed by atoms with E-state index in [0.717, 1.165) is 17.8 Å². The molecular weight excluding hydrogens is 180 g/mol. The van der Waals surface area contributed by atoms with Crippen molar-refractivity contribution in [1.29, 1.82) is 0 Å². The van der Waals surface area contributed by atoms with Crippen molar-refractivity contribution >= 4 is 0 Å². The van der Waals surface area contributed by atoms with Gasteiger partial charge < -0.3 is 0 Å². The Morgan fingerprint density at radius 1 is 1.33 bits per heavy atom. The first-order valence-electron chi connectivity index (χ1n) is 6.71. The first-order valence-corrected chi connectivity index (χ1v) is 6.71. The highest BCUT2D eigenvalue weighted by atomic mass is 14.3. The Bertz CT molecular complexity index is 234. The van der Waals surface area contributed by atoms with Crippen molar-refractivity contribution in [2.45, 2.75) is 53.4 Å². The van der Waals surface area contributed by atoms with Crippen LogP contribution in [0.5, 0.6) is 0 Å². The fourth-order valence-corrected chi connectivity index (χ4v) is 3.01. The van der Waals surface area contributed by atoms with Crippen LogP contribution in [0.25, 0.3) is 0 Å². The van der Waals surface area contributed by atoms with Crippen LogP contribution in [0.1, 0.15) is 53.4 Å². The molecule has 2 aliphatic rings. The number of allylic oxidation sites excluding steroid dienone is 4. The number of fused-ring (bicyclic) bond motifs is 1. The van der Waals surface area contributed by atoms with Crippen molar-refractivity contribution in [2.24, 2.45) is 17.8 Å². The van der Waals surface area contributed by atoms with Gasteiger partial charge in [-0.2, -0.15) is 0 Å². The molecule has 2 rings (SSSR count). The highest BCUT2D eigenvalue weighted by molar-refractivity contribution is 5.28. The maximum atomic E-state index is 2.46. The van der Waals surface area contributed by atoms with Gasteiger partial charge in [-0.05, 0) is 42.6 Å². The Hall–Kier alpha value is -0.520. The van der Waals surface area contributed by atoms with Crippen LogP contribution in [0.2, 0.25) is 0 Å². The van der Waals surface area contributed by atoms with Crippen LogP contribution >= 0.6 is 0 Å². The molecule has 0 heterocycles. The van der Waals surface area contributed by atoms with Crippen LogP contribution in [0.15, 0.2) is 23.8 Å². The van der Waals surface area contributed by atoms with E-state index in [4.69, 9.17) is 0 Å². The van der Waals surface area contributed by atoms with Crippen molar-refractivity contribution in [3.8, 4) is 0 Å². The molecule has 3 unspecified atom stereocenters. The van der Waals surface area contributed by atoms with Crippen molar-refractivity contribution in [2.75, 3.05) is 0 Å². The van der Waals surface area contributed by atoms with Crippen molar-refractivity contribution in [3.05, 3.63) is 23.8 Å². The number of hydrogen-bond donors (Lipinski definition) is 0. The third-order valence-electron chi connectivity index (χ3n) is 3.78. The van der Waals surface area contributed by atoms with Gasteiger partial charge in [0.1, 0.15) is 0 Å². The normalized spacial score (nSPS) is 33.6. The van der Waals surface area contributed by atoms with Gasteiger partial charge in [-0.25, -0.2) is 0 Å². The second-order valence-corrected chi connectivity index (χ2v) is 4.53. The molecule has 0 spiro atoms. The lowest BCUT2D eigenvalue weighted by Crippen LogP contribution is -2.26. The maximum Gasteiger partial charge on any atom is -0.0131 e. The van der Waals surface area contributed by atoms with E-state index in [1.165, 1.54) is 25.7 Å². The van der Waals surface area contributed by atoms with Gasteiger partial charge in [0.25, 0.3) is 0 Å². The third kappa shape index (κ3) is 2.74. The highest BCUT2D eigenvalue weighted by Gasteiger charge is 2.30. The molecule has 0 radical (unpaired) electrons. The highest BCUT2D eigenvalue weighted by Crippen LogP contribution is 2.41. The van der Waals surface area contributed by atoms with Gasteiger partial charge in [0.15, 0.2) is 0 Å². The smallest absolute Gasteiger partial charge is 0.0131 e. The molecule has 0 aromatic carbocycles. The molecule has 0 saturated heterocycles. The maximum absolute atomic E-state index is 2.46. The molecule has 0 aromatic heterocycles. The largest absolute Gasteiger partial charge is 0.0811 e. The van der Waals surface area contributed by atoms with Crippen LogP contribution < -0.4 is 0 Å². The minimum atomic E-state index is 0.797. The molecule has 0 heteroatoms. The van der Waals surface area contributed by atoms with Gasteiger partial charge in [-0.3, -0.25) is 0 Å². The predicted molar refractivity (Wildman–Crippen MR) is 68.9 cm³/mol. The Labute approximate surface area is 95.5 Å². The second kappa shape index (κ2) is 6.15. The Kier molecular flexibility index (Phi) is 5.14. The lowest BCUT2D eigenvalue weighted by atomic mass is 9.69. The molecule has 0 fully saturated rings. The lowest BCUT2D eigenvalue weighted by Gasteiger charge is -2.36. The zero-order chi connectivity index (χ0) is 11.3. The van der Waals surface area contributed by atoms with Crippen LogP contribution in [-0.4, -0.2) is 0 Å². The van der Waals surface area contributed by atoms with Crippen molar-refractivity contribution in [3.63, 3.8) is 0 Å². The zero-order valence-electron chi connectivity index (χ0n) is 10.8. The van der Waals surface area contributed by atoms with E-state index >= 15 is 0 Å². The SMILES string of the molecule is CC.CCC1C(C)C=CC2=CCCCC21. The van der Waals surface area contributed by atoms with Gasteiger partial charge in [-0.15, -0.1) is 0 Å². The van der Waals surface area contributed by atoms with E-state index in [1.54, 1.807) is 5.57 Å². The molecule has 0 saturated carbocycles. The fourth-order valence-electron chi connectivity index (χ4n) is 3.01. The summed E-state index contributed by atoms with van der Waals surface area (Å²) in [5, 5.41) is 0. The summed E-state index contributed by atoms with van der Waals surface area (Å²) in [6, 6.07) is 0. The predicted octanol–water partition coefficient (Wildman–Crippen LogP) is 4.97. The molecule has 0 aliphatic heterocycles. The van der Waals surface area contributed by atoms with Gasteiger partial charge in [0, 0.05) is 0 Å². The lowest BCUT2D eigenvalue weighted by molar-refractivity contribution is 0.268. The molecule has 0 amide bonds. The number of hydrogen-bond acceptors (Lipinski definition) is 0. The third-order valence-corrected chi connectivity index (χ3v) is 3.78. The molecule has 0 N–H and O–H groups in total. The van der Waals surface area contributed by atoms with Gasteiger partial charge in [-0.1, -0.05) is 52.3 Å². The first-order chi connectivity index (χ1) is 7.33. The Morgan fingerprint density at radius 3 is 2.73 bits per heavy atom. The average molecular weight is 206 g/mol. The monoisotopic (exact) mass is 206 g/mol. The molecule has 2 aliphatic carbocycles. The minimum absolute atomic E-state index is 0.797. The van der Waals surface area contributed by atoms with Crippen LogP contribution in [0.4, 0.5) is 0 Å². The summed E-state index contributed by atoms with van der Waals surface area (Å²) in [5.74, 6) is 2.60. The first kappa shape index (κ1) is 12.5. The summed E-state index contributed by atoms with van der Waals surface area (Å²) in [7, 11) is 0. The molecule has 0 bridgehead atoms. The topological polar surface area (TPSA) is 0 Å². The zero-order valence-corrected chi connectivity index (χ0v) is 10.8. The molecular formula is C15H26. The van der Waals surface area contributed by atoms with Crippen LogP contribution in [0.3, 0.4) is 0 Å². The molecule has 86 valence electrons. The number of rotatable bonds is 1. The van der Waals surface area contributed by atoms with E-state index in [1.807, 2.05) is 13.8 Å². The quantitative estimate of drug-likeness (QED) is 0.568. The standard InChI is InChI=1S/C13H20.C2H6/c1-3-12-10(2)8-9-11-6-4-5-7-13(11)12;1-2/h6,8-10,12-13H,3-5,7H2,1-2H3;1-2H3. The molecule has 0 aromatic rings. The Balaban J connectivity index is 0.000000531. The minimum Gasteiger partial charge on any atom is -0.0811 e. The van der Waals surface area contributed by atoms with Gasteiger partial charge in [0.2, 0.25) is 0 Å². The summed E-state index contributed by atoms with van der Waals surface area (Å²) in [4.78, 5) is 0. The Morgan fingerprint density at radius 2 is 2.07 bits per heavy atom. The van der Waals surface area contributed by atoms with E-state index in [2.05, 4.69) is 32.1 Å². The molecule has 3 atom stereocenters. The van der Waals surface area contributed by atoms with Gasteiger partial charge in [0.05, 0.1) is 0 Å². The van der Waals surface area contributed by atoms with Crippen molar-refractivity contribution in [1.82, 2.24) is 0 Å². The van der Waals surface area contributed by atoms with Crippen molar-refractivity contribution < 1.29 is 0 Å². The summed E-state index contributed by atoms with van der Waals surface area (Å²) in [6.07, 6.45) is 12.7. The van der Waals surface area contributed by atoms with Crippen LogP contribution in [0, 0.1) is 17.8 Å². The summed E-state index contributed by atoms with van der Waals surface area (Å²) >= 11 is 0. The molecule has 0 nitrogen and oxygen atoms in total. The van der Waals surface area contributed by atoms with E-state index < -0.39 is 0 Å². The summed E-state index contributed by atoms with van der Waals surface area (Å²) in [6.45, 7) is 8.71. The fraction of sp³-hybridized carbons (Fsp3) is 0.733. The average Bonchev–Trinajstić information content (AvgIpc) is 2.32.